The van der Waals surface area contributed by atoms with Gasteiger partial charge in [0, 0.05) is 30.6 Å². The molecule has 0 radical (unpaired) electrons. The van der Waals surface area contributed by atoms with E-state index in [-0.39, 0.29) is 0 Å². The molecule has 114 valence electrons. The van der Waals surface area contributed by atoms with Crippen LogP contribution in [0.1, 0.15) is 18.7 Å². The van der Waals surface area contributed by atoms with Crippen LogP contribution in [-0.4, -0.2) is 59.5 Å². The highest BCUT2D eigenvalue weighted by Gasteiger charge is 2.21. The summed E-state index contributed by atoms with van der Waals surface area (Å²) in [6, 6.07) is 6.50. The first-order valence-corrected chi connectivity index (χ1v) is 8.02. The number of H-pyrrole nitrogens is 1. The van der Waals surface area contributed by atoms with E-state index in [0.29, 0.717) is 6.04 Å². The van der Waals surface area contributed by atoms with Crippen LogP contribution in [0.2, 0.25) is 5.02 Å². The fourth-order valence-corrected chi connectivity index (χ4v) is 3.28. The van der Waals surface area contributed by atoms with Crippen molar-refractivity contribution in [2.24, 2.45) is 0 Å². The quantitative estimate of drug-likeness (QED) is 0.922. The molecule has 1 aromatic carbocycles. The maximum atomic E-state index is 6.00. The van der Waals surface area contributed by atoms with Crippen molar-refractivity contribution < 1.29 is 0 Å². The molecule has 1 fully saturated rings. The van der Waals surface area contributed by atoms with Gasteiger partial charge in [0.1, 0.15) is 5.82 Å². The van der Waals surface area contributed by atoms with Gasteiger partial charge in [-0.05, 0) is 51.7 Å². The highest BCUT2D eigenvalue weighted by Crippen LogP contribution is 2.18. The molecule has 5 heteroatoms. The molecule has 0 unspecified atom stereocenters. The molecule has 0 amide bonds. The molecule has 2 aromatic rings. The topological polar surface area (TPSA) is 35.2 Å². The number of nitrogens with zero attached hydrogens (tertiary/aromatic N) is 3. The fraction of sp³-hybridized carbons (Fsp3) is 0.562. The van der Waals surface area contributed by atoms with Crippen molar-refractivity contribution in [2.75, 3.05) is 33.7 Å². The van der Waals surface area contributed by atoms with E-state index in [2.05, 4.69) is 33.9 Å². The summed E-state index contributed by atoms with van der Waals surface area (Å²) in [6.45, 7) is 3.41. The minimum atomic E-state index is 0.712. The maximum absolute atomic E-state index is 6.00. The number of aromatic amines is 1. The van der Waals surface area contributed by atoms with Crippen LogP contribution in [0.4, 0.5) is 0 Å². The number of aromatic nitrogens is 2. The second kappa shape index (κ2) is 6.34. The van der Waals surface area contributed by atoms with Gasteiger partial charge in [0.15, 0.2) is 0 Å². The Morgan fingerprint density at radius 2 is 2.33 bits per heavy atom. The Labute approximate surface area is 131 Å². The zero-order valence-corrected chi connectivity index (χ0v) is 13.5. The minimum Gasteiger partial charge on any atom is -0.342 e. The van der Waals surface area contributed by atoms with Gasteiger partial charge in [-0.2, -0.15) is 0 Å². The highest BCUT2D eigenvalue weighted by atomic mass is 35.5. The molecule has 0 bridgehead atoms. The molecule has 0 saturated carbocycles. The van der Waals surface area contributed by atoms with Crippen molar-refractivity contribution >= 4 is 22.6 Å². The molecule has 21 heavy (non-hydrogen) atoms. The Morgan fingerprint density at radius 3 is 3.10 bits per heavy atom. The van der Waals surface area contributed by atoms with Crippen molar-refractivity contribution in [1.82, 2.24) is 19.8 Å². The van der Waals surface area contributed by atoms with Crippen LogP contribution in [0.15, 0.2) is 18.2 Å². The van der Waals surface area contributed by atoms with Gasteiger partial charge in [-0.15, -0.1) is 0 Å². The molecule has 4 nitrogen and oxygen atoms in total. The predicted molar refractivity (Wildman–Crippen MR) is 88.0 cm³/mol. The number of fused-ring (bicyclic) bond motifs is 1. The second-order valence-electron chi connectivity index (χ2n) is 6.13. The fourth-order valence-electron chi connectivity index (χ4n) is 3.11. The number of likely N-dealkylation sites (N-methyl/N-ethyl adjacent to an activating group) is 2. The molecule has 0 aliphatic carbocycles. The summed E-state index contributed by atoms with van der Waals surface area (Å²) in [5.41, 5.74) is 2.02. The van der Waals surface area contributed by atoms with Crippen molar-refractivity contribution in [3.8, 4) is 0 Å². The lowest BCUT2D eigenvalue weighted by Gasteiger charge is -2.25. The van der Waals surface area contributed by atoms with E-state index >= 15 is 0 Å². The van der Waals surface area contributed by atoms with Gasteiger partial charge in [-0.3, -0.25) is 0 Å². The van der Waals surface area contributed by atoms with E-state index in [9.17, 15) is 0 Å². The van der Waals surface area contributed by atoms with Gasteiger partial charge < -0.3 is 14.8 Å². The number of benzene rings is 1. The number of nitrogens with one attached hydrogen (secondary N) is 1. The van der Waals surface area contributed by atoms with E-state index < -0.39 is 0 Å². The standard InChI is InChI=1S/C16H23ClN4/c1-20(11-13-4-3-8-21(13)2)9-7-16-18-14-6-5-12(17)10-15(14)19-16/h5-6,10,13H,3-4,7-9,11H2,1-2H3,(H,18,19)/t13-/m0/s1. The van der Waals surface area contributed by atoms with E-state index in [1.807, 2.05) is 18.2 Å². The van der Waals surface area contributed by atoms with Gasteiger partial charge >= 0.3 is 0 Å². The molecule has 1 saturated heterocycles. The second-order valence-corrected chi connectivity index (χ2v) is 6.57. The summed E-state index contributed by atoms with van der Waals surface area (Å²) in [7, 11) is 4.43. The van der Waals surface area contributed by atoms with Crippen LogP contribution in [0.5, 0.6) is 0 Å². The lowest BCUT2D eigenvalue weighted by molar-refractivity contribution is 0.221. The monoisotopic (exact) mass is 306 g/mol. The number of hydrogen-bond donors (Lipinski definition) is 1. The van der Waals surface area contributed by atoms with Crippen LogP contribution in [0.3, 0.4) is 0 Å². The SMILES string of the molecule is CN(CCc1nc2ccc(Cl)cc2[nH]1)C[C@@H]1CCCN1C. The lowest BCUT2D eigenvalue weighted by Crippen LogP contribution is -2.37. The van der Waals surface area contributed by atoms with Crippen LogP contribution < -0.4 is 0 Å². The van der Waals surface area contributed by atoms with Crippen molar-refractivity contribution in [3.63, 3.8) is 0 Å². The van der Waals surface area contributed by atoms with Crippen molar-refractivity contribution in [2.45, 2.75) is 25.3 Å². The number of likely N-dealkylation sites (tertiary alicyclic amines) is 1. The summed E-state index contributed by atoms with van der Waals surface area (Å²) in [6.07, 6.45) is 3.60. The Balaban J connectivity index is 1.55. The molecular formula is C16H23ClN4. The first-order valence-electron chi connectivity index (χ1n) is 7.65. The highest BCUT2D eigenvalue weighted by molar-refractivity contribution is 6.31. The minimum absolute atomic E-state index is 0.712. The van der Waals surface area contributed by atoms with Gasteiger partial charge in [-0.1, -0.05) is 11.6 Å². The molecule has 1 aliphatic rings. The average Bonchev–Trinajstić information content (AvgIpc) is 3.02. The normalized spacial score (nSPS) is 19.9. The summed E-state index contributed by atoms with van der Waals surface area (Å²) in [5, 5.41) is 0.749. The number of halogens is 1. The van der Waals surface area contributed by atoms with Crippen LogP contribution >= 0.6 is 11.6 Å². The molecule has 1 atom stereocenters. The summed E-state index contributed by atoms with van der Waals surface area (Å²) in [4.78, 5) is 12.9. The third-order valence-corrected chi connectivity index (χ3v) is 4.65. The van der Waals surface area contributed by atoms with Gasteiger partial charge in [0.05, 0.1) is 11.0 Å². The molecule has 0 spiro atoms. The number of hydrogen-bond acceptors (Lipinski definition) is 3. The van der Waals surface area contributed by atoms with Crippen LogP contribution in [0.25, 0.3) is 11.0 Å². The van der Waals surface area contributed by atoms with Crippen LogP contribution in [-0.2, 0) is 6.42 Å². The third-order valence-electron chi connectivity index (χ3n) is 4.42. The summed E-state index contributed by atoms with van der Waals surface area (Å²) in [5.74, 6) is 1.04. The maximum Gasteiger partial charge on any atom is 0.108 e. The van der Waals surface area contributed by atoms with Crippen molar-refractivity contribution in [1.29, 1.82) is 0 Å². The molecular weight excluding hydrogens is 284 g/mol. The van der Waals surface area contributed by atoms with Crippen LogP contribution in [0, 0.1) is 0 Å². The first kappa shape index (κ1) is 14.8. The Morgan fingerprint density at radius 1 is 1.48 bits per heavy atom. The van der Waals surface area contributed by atoms with E-state index in [4.69, 9.17) is 11.6 Å². The molecule has 1 aromatic heterocycles. The predicted octanol–water partition coefficient (Wildman–Crippen LogP) is 2.78. The lowest BCUT2D eigenvalue weighted by atomic mass is 10.2. The van der Waals surface area contributed by atoms with Gasteiger partial charge in [0.2, 0.25) is 0 Å². The molecule has 3 rings (SSSR count). The number of rotatable bonds is 5. The summed E-state index contributed by atoms with van der Waals surface area (Å²) >= 11 is 6.00. The molecule has 1 N–H and O–H groups in total. The van der Waals surface area contributed by atoms with E-state index in [1.54, 1.807) is 0 Å². The average molecular weight is 307 g/mol. The Bertz CT molecular complexity index is 609. The van der Waals surface area contributed by atoms with E-state index in [1.165, 1.54) is 19.4 Å². The Hall–Kier alpha value is -1.10. The zero-order chi connectivity index (χ0) is 14.8. The largest absolute Gasteiger partial charge is 0.342 e. The first-order chi connectivity index (χ1) is 10.1. The smallest absolute Gasteiger partial charge is 0.108 e. The van der Waals surface area contributed by atoms with E-state index in [0.717, 1.165) is 41.4 Å². The Kier molecular flexibility index (Phi) is 4.48. The number of imidazole rings is 1. The van der Waals surface area contributed by atoms with Gasteiger partial charge in [0.25, 0.3) is 0 Å². The molecule has 1 aliphatic heterocycles. The van der Waals surface area contributed by atoms with Gasteiger partial charge in [-0.25, -0.2) is 4.98 Å². The third kappa shape index (κ3) is 3.57. The molecule has 2 heterocycles. The van der Waals surface area contributed by atoms with Crippen molar-refractivity contribution in [3.05, 3.63) is 29.0 Å². The summed E-state index contributed by atoms with van der Waals surface area (Å²) < 4.78 is 0. The zero-order valence-electron chi connectivity index (χ0n) is 12.8.